The van der Waals surface area contributed by atoms with Gasteiger partial charge in [0.1, 0.15) is 6.54 Å². The fraction of sp³-hybridized carbons (Fsp3) is 0.333. The van der Waals surface area contributed by atoms with Crippen LogP contribution in [0.3, 0.4) is 0 Å². The number of aliphatic carboxylic acids is 1. The molecule has 2 aromatic rings. The highest BCUT2D eigenvalue weighted by molar-refractivity contribution is 5.91. The Kier molecular flexibility index (Phi) is 4.14. The van der Waals surface area contributed by atoms with Crippen molar-refractivity contribution in [1.82, 2.24) is 19.7 Å². The number of imidazole rings is 1. The summed E-state index contributed by atoms with van der Waals surface area (Å²) < 4.78 is 1.25. The first-order chi connectivity index (χ1) is 9.54. The van der Waals surface area contributed by atoms with Gasteiger partial charge in [0, 0.05) is 36.5 Å². The molecule has 0 aromatic carbocycles. The summed E-state index contributed by atoms with van der Waals surface area (Å²) in [5.41, 5.74) is 0.879. The molecule has 3 N–H and O–H groups in total. The quantitative estimate of drug-likeness (QED) is 0.712. The second-order valence-electron chi connectivity index (χ2n) is 4.46. The standard InChI is InChI=1S/C12H15N5O3/c1-8(4-9-5-13-7-14-9)12(20)15-10-2-3-17(16-10)6-11(18)19/h2-3,5,7-8H,4,6H2,1H3,(H,13,14)(H,18,19)(H,15,16,20). The normalized spacial score (nSPS) is 12.1. The summed E-state index contributed by atoms with van der Waals surface area (Å²) in [4.78, 5) is 29.3. The molecule has 106 valence electrons. The Morgan fingerprint density at radius 1 is 1.55 bits per heavy atom. The number of carboxylic acids is 1. The zero-order valence-electron chi connectivity index (χ0n) is 10.9. The lowest BCUT2D eigenvalue weighted by molar-refractivity contribution is -0.137. The maximum absolute atomic E-state index is 12.0. The Morgan fingerprint density at radius 2 is 2.35 bits per heavy atom. The fourth-order valence-electron chi connectivity index (χ4n) is 1.72. The van der Waals surface area contributed by atoms with E-state index in [1.54, 1.807) is 25.5 Å². The predicted octanol–water partition coefficient (Wildman–Crippen LogP) is 0.508. The summed E-state index contributed by atoms with van der Waals surface area (Å²) in [7, 11) is 0. The highest BCUT2D eigenvalue weighted by atomic mass is 16.4. The molecule has 1 atom stereocenters. The molecule has 1 amide bonds. The molecule has 0 saturated carbocycles. The van der Waals surface area contributed by atoms with Crippen molar-refractivity contribution in [2.45, 2.75) is 19.9 Å². The molecule has 8 heteroatoms. The molecule has 0 spiro atoms. The SMILES string of the molecule is CC(Cc1cnc[nH]1)C(=O)Nc1ccn(CC(=O)O)n1. The van der Waals surface area contributed by atoms with Crippen LogP contribution in [0.2, 0.25) is 0 Å². The number of H-pyrrole nitrogens is 1. The van der Waals surface area contributed by atoms with Gasteiger partial charge in [0.15, 0.2) is 5.82 Å². The molecule has 0 aliphatic heterocycles. The smallest absolute Gasteiger partial charge is 0.325 e. The molecule has 0 aliphatic carbocycles. The van der Waals surface area contributed by atoms with E-state index < -0.39 is 5.97 Å². The third-order valence-corrected chi connectivity index (χ3v) is 2.72. The average Bonchev–Trinajstić information content (AvgIpc) is 3.00. The van der Waals surface area contributed by atoms with Gasteiger partial charge < -0.3 is 15.4 Å². The number of nitrogens with zero attached hydrogens (tertiary/aromatic N) is 3. The molecular weight excluding hydrogens is 262 g/mol. The molecule has 0 fully saturated rings. The van der Waals surface area contributed by atoms with Crippen molar-refractivity contribution in [3.63, 3.8) is 0 Å². The summed E-state index contributed by atoms with van der Waals surface area (Å²) >= 11 is 0. The minimum Gasteiger partial charge on any atom is -0.480 e. The van der Waals surface area contributed by atoms with Crippen molar-refractivity contribution < 1.29 is 14.7 Å². The largest absolute Gasteiger partial charge is 0.480 e. The Balaban J connectivity index is 1.90. The fourth-order valence-corrected chi connectivity index (χ4v) is 1.72. The van der Waals surface area contributed by atoms with Crippen molar-refractivity contribution in [2.24, 2.45) is 5.92 Å². The van der Waals surface area contributed by atoms with E-state index in [4.69, 9.17) is 5.11 Å². The van der Waals surface area contributed by atoms with Crippen LogP contribution in [-0.2, 0) is 22.6 Å². The first kappa shape index (κ1) is 13.8. The van der Waals surface area contributed by atoms with Crippen LogP contribution in [0.4, 0.5) is 5.82 Å². The number of aromatic nitrogens is 4. The monoisotopic (exact) mass is 277 g/mol. The molecule has 0 bridgehead atoms. The number of nitrogens with one attached hydrogen (secondary N) is 2. The summed E-state index contributed by atoms with van der Waals surface area (Å²) in [5.74, 6) is -1.08. The van der Waals surface area contributed by atoms with E-state index in [-0.39, 0.29) is 18.4 Å². The Labute approximate surface area is 114 Å². The van der Waals surface area contributed by atoms with Crippen molar-refractivity contribution in [3.05, 3.63) is 30.5 Å². The Hall–Kier alpha value is -2.64. The van der Waals surface area contributed by atoms with Crippen LogP contribution in [0.15, 0.2) is 24.8 Å². The van der Waals surface area contributed by atoms with Gasteiger partial charge in [-0.15, -0.1) is 0 Å². The number of carbonyl (C=O) groups is 2. The van der Waals surface area contributed by atoms with Gasteiger partial charge in [-0.3, -0.25) is 14.3 Å². The summed E-state index contributed by atoms with van der Waals surface area (Å²) in [6.07, 6.45) is 5.28. The lowest BCUT2D eigenvalue weighted by atomic mass is 10.1. The van der Waals surface area contributed by atoms with Gasteiger partial charge in [-0.05, 0) is 0 Å². The molecule has 0 aliphatic rings. The van der Waals surface area contributed by atoms with Crippen LogP contribution in [-0.4, -0.2) is 36.7 Å². The number of rotatable bonds is 6. The number of aromatic amines is 1. The molecule has 2 rings (SSSR count). The van der Waals surface area contributed by atoms with E-state index in [0.29, 0.717) is 12.2 Å². The first-order valence-corrected chi connectivity index (χ1v) is 6.08. The summed E-state index contributed by atoms with van der Waals surface area (Å²) in [5, 5.41) is 15.2. The van der Waals surface area contributed by atoms with Crippen LogP contribution >= 0.6 is 0 Å². The summed E-state index contributed by atoms with van der Waals surface area (Å²) in [6.45, 7) is 1.56. The van der Waals surface area contributed by atoms with E-state index >= 15 is 0 Å². The van der Waals surface area contributed by atoms with Crippen LogP contribution in [0.5, 0.6) is 0 Å². The third kappa shape index (κ3) is 3.67. The molecule has 0 radical (unpaired) electrons. The number of amides is 1. The van der Waals surface area contributed by atoms with Gasteiger partial charge in [0.2, 0.25) is 5.91 Å². The lowest BCUT2D eigenvalue weighted by Gasteiger charge is -2.09. The van der Waals surface area contributed by atoms with Crippen LogP contribution in [0, 0.1) is 5.92 Å². The van der Waals surface area contributed by atoms with E-state index in [1.165, 1.54) is 10.9 Å². The molecule has 1 unspecified atom stereocenters. The zero-order chi connectivity index (χ0) is 14.5. The molecule has 0 saturated heterocycles. The van der Waals surface area contributed by atoms with Crippen LogP contribution in [0.25, 0.3) is 0 Å². The molecule has 8 nitrogen and oxygen atoms in total. The zero-order valence-corrected chi connectivity index (χ0v) is 10.9. The topological polar surface area (TPSA) is 113 Å². The van der Waals surface area contributed by atoms with Gasteiger partial charge >= 0.3 is 5.97 Å². The van der Waals surface area contributed by atoms with Gasteiger partial charge in [0.05, 0.1) is 6.33 Å². The first-order valence-electron chi connectivity index (χ1n) is 6.08. The Morgan fingerprint density at radius 3 is 3.00 bits per heavy atom. The van der Waals surface area contributed by atoms with Gasteiger partial charge in [-0.1, -0.05) is 6.92 Å². The highest BCUT2D eigenvalue weighted by Gasteiger charge is 2.15. The van der Waals surface area contributed by atoms with E-state index in [1.807, 2.05) is 0 Å². The second-order valence-corrected chi connectivity index (χ2v) is 4.46. The Bertz CT molecular complexity index is 590. The highest BCUT2D eigenvalue weighted by Crippen LogP contribution is 2.09. The van der Waals surface area contributed by atoms with Gasteiger partial charge in [-0.2, -0.15) is 5.10 Å². The van der Waals surface area contributed by atoms with Gasteiger partial charge in [0.25, 0.3) is 0 Å². The maximum atomic E-state index is 12.0. The lowest BCUT2D eigenvalue weighted by Crippen LogP contribution is -2.22. The van der Waals surface area contributed by atoms with Crippen LogP contribution < -0.4 is 5.32 Å². The van der Waals surface area contributed by atoms with Crippen LogP contribution in [0.1, 0.15) is 12.6 Å². The number of hydrogen-bond acceptors (Lipinski definition) is 4. The number of hydrogen-bond donors (Lipinski definition) is 3. The molecular formula is C12H15N5O3. The maximum Gasteiger partial charge on any atom is 0.325 e. The second kappa shape index (κ2) is 6.00. The summed E-state index contributed by atoms with van der Waals surface area (Å²) in [6, 6.07) is 1.56. The van der Waals surface area contributed by atoms with Crippen molar-refractivity contribution in [3.8, 4) is 0 Å². The average molecular weight is 277 g/mol. The van der Waals surface area contributed by atoms with E-state index in [2.05, 4.69) is 20.4 Å². The number of carboxylic acid groups (broad SMARTS) is 1. The predicted molar refractivity (Wildman–Crippen MR) is 69.9 cm³/mol. The van der Waals surface area contributed by atoms with E-state index in [9.17, 15) is 9.59 Å². The number of carbonyl (C=O) groups excluding carboxylic acids is 1. The molecule has 2 aromatic heterocycles. The molecule has 20 heavy (non-hydrogen) atoms. The minimum atomic E-state index is -0.987. The van der Waals surface area contributed by atoms with E-state index in [0.717, 1.165) is 5.69 Å². The van der Waals surface area contributed by atoms with Crippen molar-refractivity contribution in [2.75, 3.05) is 5.32 Å². The third-order valence-electron chi connectivity index (χ3n) is 2.72. The van der Waals surface area contributed by atoms with Crippen molar-refractivity contribution >= 4 is 17.7 Å². The van der Waals surface area contributed by atoms with Crippen molar-refractivity contribution in [1.29, 1.82) is 0 Å². The molecule has 2 heterocycles. The minimum absolute atomic E-state index is 0.180. The van der Waals surface area contributed by atoms with Gasteiger partial charge in [-0.25, -0.2) is 4.98 Å². The number of anilines is 1.